The average Bonchev–Trinajstić information content (AvgIpc) is 2.84. The number of aryl methyl sites for hydroxylation is 1. The van der Waals surface area contributed by atoms with Crippen molar-refractivity contribution < 1.29 is 22.4 Å². The maximum Gasteiger partial charge on any atom is 0.416 e. The molecule has 0 atom stereocenters. The number of carbonyl (C=O) groups excluding carboxylic acids is 1. The molecule has 11 heteroatoms. The Bertz CT molecular complexity index is 1240. The zero-order valence-corrected chi connectivity index (χ0v) is 18.7. The molecule has 7 nitrogen and oxygen atoms in total. The Morgan fingerprint density at radius 2 is 1.71 bits per heavy atom. The van der Waals surface area contributed by atoms with Crippen LogP contribution in [-0.4, -0.2) is 52.2 Å². The fraction of sp³-hybridized carbons (Fsp3) is 0.333. The van der Waals surface area contributed by atoms with Crippen molar-refractivity contribution >= 4 is 11.6 Å². The smallest absolute Gasteiger partial charge is 0.368 e. The summed E-state index contributed by atoms with van der Waals surface area (Å²) < 4.78 is 51.8. The van der Waals surface area contributed by atoms with Crippen molar-refractivity contribution in [3.63, 3.8) is 0 Å². The first-order valence-electron chi connectivity index (χ1n) is 11.1. The minimum absolute atomic E-state index is 0.0102. The molecule has 2 heterocycles. The first kappa shape index (κ1) is 24.4. The molecule has 0 unspecified atom stereocenters. The van der Waals surface area contributed by atoms with Gasteiger partial charge in [0.05, 0.1) is 5.56 Å². The van der Waals surface area contributed by atoms with Crippen molar-refractivity contribution in [3.8, 4) is 0 Å². The molecule has 0 saturated carbocycles. The lowest BCUT2D eigenvalue weighted by atomic mass is 10.1. The minimum Gasteiger partial charge on any atom is -0.368 e. The van der Waals surface area contributed by atoms with E-state index in [9.17, 15) is 27.2 Å². The van der Waals surface area contributed by atoms with Gasteiger partial charge in [0.1, 0.15) is 17.3 Å². The lowest BCUT2D eigenvalue weighted by Crippen LogP contribution is -2.48. The van der Waals surface area contributed by atoms with E-state index in [0.717, 1.165) is 17.8 Å². The van der Waals surface area contributed by atoms with Gasteiger partial charge in [0.2, 0.25) is 5.91 Å². The van der Waals surface area contributed by atoms with Crippen LogP contribution in [0.3, 0.4) is 0 Å². The number of hydrogen-bond donors (Lipinski definition) is 1. The Morgan fingerprint density at radius 1 is 1.00 bits per heavy atom. The number of hydrogen-bond acceptors (Lipinski definition) is 5. The van der Waals surface area contributed by atoms with Crippen LogP contribution in [0, 0.1) is 5.82 Å². The van der Waals surface area contributed by atoms with Crippen LogP contribution in [0.25, 0.3) is 0 Å². The largest absolute Gasteiger partial charge is 0.416 e. The van der Waals surface area contributed by atoms with Crippen LogP contribution in [0.4, 0.5) is 23.2 Å². The van der Waals surface area contributed by atoms with Gasteiger partial charge in [0.25, 0.3) is 5.56 Å². The van der Waals surface area contributed by atoms with E-state index < -0.39 is 17.3 Å². The molecule has 1 N–H and O–H groups in total. The number of nitrogens with one attached hydrogen (secondary N) is 1. The third-order valence-electron chi connectivity index (χ3n) is 5.84. The predicted molar refractivity (Wildman–Crippen MR) is 120 cm³/mol. The molecule has 35 heavy (non-hydrogen) atoms. The van der Waals surface area contributed by atoms with Crippen LogP contribution in [0.2, 0.25) is 0 Å². The van der Waals surface area contributed by atoms with E-state index in [2.05, 4.69) is 20.1 Å². The topological polar surface area (TPSA) is 82.2 Å². The summed E-state index contributed by atoms with van der Waals surface area (Å²) >= 11 is 0. The number of piperazine rings is 1. The molecule has 3 aromatic rings. The average molecular weight is 489 g/mol. The Kier molecular flexibility index (Phi) is 7.13. The number of halogens is 4. The Hall–Kier alpha value is -3.76. The highest BCUT2D eigenvalue weighted by atomic mass is 19.4. The molecular formula is C24H23F4N5O2. The number of aromatic amines is 1. The van der Waals surface area contributed by atoms with E-state index in [1.807, 2.05) is 0 Å². The zero-order chi connectivity index (χ0) is 25.0. The highest BCUT2D eigenvalue weighted by molar-refractivity contribution is 5.76. The summed E-state index contributed by atoms with van der Waals surface area (Å²) in [5.74, 6) is -0.274. The summed E-state index contributed by atoms with van der Waals surface area (Å²) in [4.78, 5) is 31.3. The summed E-state index contributed by atoms with van der Waals surface area (Å²) in [5, 5.41) is 7.82. The molecule has 184 valence electrons. The molecule has 1 fully saturated rings. The fourth-order valence-electron chi connectivity index (χ4n) is 3.94. The molecule has 1 aliphatic heterocycles. The highest BCUT2D eigenvalue weighted by Gasteiger charge is 2.30. The second-order valence-electron chi connectivity index (χ2n) is 8.27. The summed E-state index contributed by atoms with van der Waals surface area (Å²) in [7, 11) is 0. The van der Waals surface area contributed by atoms with Crippen molar-refractivity contribution in [3.05, 3.63) is 87.3 Å². The van der Waals surface area contributed by atoms with Gasteiger partial charge in [-0.2, -0.15) is 13.2 Å². The van der Waals surface area contributed by atoms with Crippen LogP contribution in [0.1, 0.15) is 29.1 Å². The number of aromatic nitrogens is 3. The number of carbonyl (C=O) groups is 1. The highest BCUT2D eigenvalue weighted by Crippen LogP contribution is 2.29. The number of benzene rings is 2. The molecule has 0 radical (unpaired) electrons. The van der Waals surface area contributed by atoms with Crippen LogP contribution < -0.4 is 10.5 Å². The molecule has 0 aliphatic carbocycles. The second kappa shape index (κ2) is 10.2. The Labute approximate surface area is 198 Å². The van der Waals surface area contributed by atoms with Crippen molar-refractivity contribution in [1.82, 2.24) is 20.1 Å². The molecule has 1 saturated heterocycles. The van der Waals surface area contributed by atoms with Crippen LogP contribution >= 0.6 is 0 Å². The van der Waals surface area contributed by atoms with E-state index in [-0.39, 0.29) is 42.5 Å². The molecule has 0 bridgehead atoms. The van der Waals surface area contributed by atoms with Crippen LogP contribution in [0.15, 0.2) is 53.3 Å². The van der Waals surface area contributed by atoms with Gasteiger partial charge in [-0.3, -0.25) is 9.59 Å². The number of amides is 1. The first-order valence-corrected chi connectivity index (χ1v) is 11.1. The molecule has 2 aromatic carbocycles. The lowest BCUT2D eigenvalue weighted by Gasteiger charge is -2.36. The van der Waals surface area contributed by atoms with Crippen molar-refractivity contribution in [2.24, 2.45) is 0 Å². The second-order valence-corrected chi connectivity index (χ2v) is 8.27. The van der Waals surface area contributed by atoms with Crippen molar-refractivity contribution in [2.45, 2.75) is 25.4 Å². The van der Waals surface area contributed by atoms with Crippen molar-refractivity contribution in [2.75, 3.05) is 31.1 Å². The van der Waals surface area contributed by atoms with Crippen LogP contribution in [-0.2, 0) is 23.8 Å². The van der Waals surface area contributed by atoms with Gasteiger partial charge in [0, 0.05) is 51.1 Å². The molecular weight excluding hydrogens is 466 g/mol. The summed E-state index contributed by atoms with van der Waals surface area (Å²) in [5.41, 5.74) is 0.0314. The number of rotatable bonds is 6. The molecule has 1 aromatic heterocycles. The minimum atomic E-state index is -4.46. The summed E-state index contributed by atoms with van der Waals surface area (Å²) in [6.07, 6.45) is -4.28. The van der Waals surface area contributed by atoms with E-state index in [1.165, 1.54) is 24.3 Å². The van der Waals surface area contributed by atoms with Crippen molar-refractivity contribution in [1.29, 1.82) is 0 Å². The molecule has 1 amide bonds. The maximum atomic E-state index is 13.1. The molecule has 4 rings (SSSR count). The van der Waals surface area contributed by atoms with Gasteiger partial charge in [-0.1, -0.05) is 18.2 Å². The standard InChI is InChI=1S/C24H23F4N5O2/c25-18-4-6-19(7-5-18)32-10-12-33(13-11-32)22(34)9-8-20-23(35)29-21(31-30-20)15-16-2-1-3-17(14-16)24(26,27)28/h1-7,14H,8-13,15H2,(H,29,31,35). The van der Waals surface area contributed by atoms with Gasteiger partial charge in [-0.05, 0) is 35.9 Å². The zero-order valence-electron chi connectivity index (χ0n) is 18.7. The number of nitrogens with zero attached hydrogens (tertiary/aromatic N) is 4. The monoisotopic (exact) mass is 489 g/mol. The van der Waals surface area contributed by atoms with Gasteiger partial charge >= 0.3 is 6.18 Å². The van der Waals surface area contributed by atoms with E-state index in [4.69, 9.17) is 0 Å². The Morgan fingerprint density at radius 3 is 2.37 bits per heavy atom. The first-order chi connectivity index (χ1) is 16.7. The maximum absolute atomic E-state index is 13.1. The van der Waals surface area contributed by atoms with Gasteiger partial charge in [-0.15, -0.1) is 10.2 Å². The fourth-order valence-corrected chi connectivity index (χ4v) is 3.94. The lowest BCUT2D eigenvalue weighted by molar-refractivity contribution is -0.137. The molecule has 0 spiro atoms. The van der Waals surface area contributed by atoms with E-state index >= 15 is 0 Å². The number of anilines is 1. The summed E-state index contributed by atoms with van der Waals surface area (Å²) in [6.45, 7) is 2.24. The number of H-pyrrole nitrogens is 1. The quantitative estimate of drug-likeness (QED) is 0.538. The third-order valence-corrected chi connectivity index (χ3v) is 5.84. The normalized spacial score (nSPS) is 14.3. The SMILES string of the molecule is O=C(CCc1nnc(Cc2cccc(C(F)(F)F)c2)[nH]c1=O)N1CCN(c2ccc(F)cc2)CC1. The summed E-state index contributed by atoms with van der Waals surface area (Å²) in [6, 6.07) is 11.0. The van der Waals surface area contributed by atoms with E-state index in [0.29, 0.717) is 31.7 Å². The molecule has 1 aliphatic rings. The van der Waals surface area contributed by atoms with E-state index in [1.54, 1.807) is 17.0 Å². The number of alkyl halides is 3. The Balaban J connectivity index is 1.30. The van der Waals surface area contributed by atoms with Gasteiger partial charge < -0.3 is 14.8 Å². The third kappa shape index (κ3) is 6.23. The predicted octanol–water partition coefficient (Wildman–Crippen LogP) is 3.20. The van der Waals surface area contributed by atoms with Gasteiger partial charge in [0.15, 0.2) is 0 Å². The van der Waals surface area contributed by atoms with Gasteiger partial charge in [-0.25, -0.2) is 4.39 Å². The van der Waals surface area contributed by atoms with Crippen LogP contribution in [0.5, 0.6) is 0 Å².